The lowest BCUT2D eigenvalue weighted by Gasteiger charge is -2.04. The van der Waals surface area contributed by atoms with Crippen molar-refractivity contribution in [1.82, 2.24) is 15.8 Å². The average molecular weight is 327 g/mol. The molecule has 2 aromatic heterocycles. The first kappa shape index (κ1) is 15.1. The number of amides is 2. The van der Waals surface area contributed by atoms with Crippen LogP contribution < -0.4 is 10.8 Å². The summed E-state index contributed by atoms with van der Waals surface area (Å²) >= 11 is 1.44. The van der Waals surface area contributed by atoms with Gasteiger partial charge in [0.1, 0.15) is 0 Å². The number of pyridine rings is 1. The molecule has 0 aliphatic heterocycles. The molecule has 6 nitrogen and oxygen atoms in total. The third-order valence-corrected chi connectivity index (χ3v) is 4.38. The van der Waals surface area contributed by atoms with Crippen LogP contribution in [0.4, 0.5) is 0 Å². The topological polar surface area (TPSA) is 91.3 Å². The summed E-state index contributed by atoms with van der Waals surface area (Å²) in [6.07, 6.45) is 1.34. The second kappa shape index (κ2) is 6.55. The van der Waals surface area contributed by atoms with E-state index in [9.17, 15) is 9.59 Å². The molecule has 2 amide bonds. The molecule has 0 bridgehead atoms. The summed E-state index contributed by atoms with van der Waals surface area (Å²) < 4.78 is 1.06. The molecule has 0 radical (unpaired) electrons. The van der Waals surface area contributed by atoms with E-state index in [0.29, 0.717) is 10.6 Å². The van der Waals surface area contributed by atoms with Crippen LogP contribution in [0, 0.1) is 0 Å². The van der Waals surface area contributed by atoms with Crippen molar-refractivity contribution in [3.63, 3.8) is 0 Å². The Balaban J connectivity index is 1.65. The highest BCUT2D eigenvalue weighted by atomic mass is 32.1. The summed E-state index contributed by atoms with van der Waals surface area (Å²) in [4.78, 5) is 28.1. The third-order valence-electron chi connectivity index (χ3n) is 3.27. The minimum absolute atomic E-state index is 0.162. The van der Waals surface area contributed by atoms with E-state index < -0.39 is 5.91 Å². The van der Waals surface area contributed by atoms with Gasteiger partial charge in [-0.15, -0.1) is 11.3 Å². The van der Waals surface area contributed by atoms with Crippen molar-refractivity contribution in [2.75, 3.05) is 0 Å². The van der Waals surface area contributed by atoms with Crippen LogP contribution in [0.15, 0.2) is 48.7 Å². The van der Waals surface area contributed by atoms with Gasteiger partial charge in [-0.2, -0.15) is 0 Å². The minimum Gasteiger partial charge on any atom is -0.346 e. The lowest BCUT2D eigenvalue weighted by molar-refractivity contribution is 0.0705. The van der Waals surface area contributed by atoms with E-state index in [0.717, 1.165) is 10.1 Å². The lowest BCUT2D eigenvalue weighted by Crippen LogP contribution is -2.23. The minimum atomic E-state index is -0.627. The van der Waals surface area contributed by atoms with Crippen LogP contribution in [0.1, 0.15) is 25.7 Å². The smallest absolute Gasteiger partial charge is 0.276 e. The largest absolute Gasteiger partial charge is 0.346 e. The molecule has 3 rings (SSSR count). The fourth-order valence-electron chi connectivity index (χ4n) is 2.08. The predicted molar refractivity (Wildman–Crippen MR) is 86.5 cm³/mol. The molecule has 0 saturated carbocycles. The maximum atomic E-state index is 12.2. The number of benzene rings is 1. The molecule has 1 aromatic carbocycles. The number of carbonyl (C=O) groups excluding carboxylic acids is 2. The Morgan fingerprint density at radius 2 is 1.96 bits per heavy atom. The molecule has 0 aliphatic rings. The van der Waals surface area contributed by atoms with Crippen LogP contribution in [-0.4, -0.2) is 22.0 Å². The number of nitrogens with one attached hydrogen (secondary N) is 2. The molecule has 0 unspecified atom stereocenters. The second-order valence-electron chi connectivity index (χ2n) is 4.81. The number of aromatic nitrogens is 1. The summed E-state index contributed by atoms with van der Waals surface area (Å²) in [5.74, 6) is -0.788. The number of rotatable bonds is 4. The van der Waals surface area contributed by atoms with Crippen LogP contribution in [0.3, 0.4) is 0 Å². The summed E-state index contributed by atoms with van der Waals surface area (Å²) in [7, 11) is 0. The van der Waals surface area contributed by atoms with Crippen molar-refractivity contribution < 1.29 is 14.8 Å². The predicted octanol–water partition coefficient (Wildman–Crippen LogP) is 2.35. The van der Waals surface area contributed by atoms with Gasteiger partial charge < -0.3 is 5.32 Å². The number of hydrogen-bond donors (Lipinski definition) is 3. The molecule has 7 heteroatoms. The number of fused-ring (bicyclic) bond motifs is 1. The van der Waals surface area contributed by atoms with Crippen LogP contribution in [0.5, 0.6) is 0 Å². The Bertz CT molecular complexity index is 825. The molecule has 23 heavy (non-hydrogen) atoms. The van der Waals surface area contributed by atoms with Gasteiger partial charge in [0.2, 0.25) is 0 Å². The first-order chi connectivity index (χ1) is 11.2. The van der Waals surface area contributed by atoms with Gasteiger partial charge >= 0.3 is 0 Å². The maximum absolute atomic E-state index is 12.2. The van der Waals surface area contributed by atoms with E-state index in [1.807, 2.05) is 30.3 Å². The fourth-order valence-corrected chi connectivity index (χ4v) is 3.06. The van der Waals surface area contributed by atoms with Gasteiger partial charge in [0.15, 0.2) is 0 Å². The van der Waals surface area contributed by atoms with Gasteiger partial charge in [-0.1, -0.05) is 18.2 Å². The van der Waals surface area contributed by atoms with Gasteiger partial charge in [0, 0.05) is 10.9 Å². The zero-order valence-electron chi connectivity index (χ0n) is 11.9. The Labute approximate surface area is 135 Å². The third kappa shape index (κ3) is 3.36. The molecule has 0 atom stereocenters. The van der Waals surface area contributed by atoms with E-state index in [2.05, 4.69) is 10.3 Å². The highest BCUT2D eigenvalue weighted by Crippen LogP contribution is 2.25. The monoisotopic (exact) mass is 327 g/mol. The molecule has 0 aliphatic carbocycles. The van der Waals surface area contributed by atoms with E-state index in [1.165, 1.54) is 29.1 Å². The van der Waals surface area contributed by atoms with Crippen LogP contribution in [0.2, 0.25) is 0 Å². The Kier molecular flexibility index (Phi) is 4.31. The number of carbonyl (C=O) groups is 2. The number of hydroxylamine groups is 1. The summed E-state index contributed by atoms with van der Waals surface area (Å²) in [5.41, 5.74) is 2.40. The van der Waals surface area contributed by atoms with E-state index >= 15 is 0 Å². The molecular weight excluding hydrogens is 314 g/mol. The first-order valence-electron chi connectivity index (χ1n) is 6.83. The molecule has 3 N–H and O–H groups in total. The lowest BCUT2D eigenvalue weighted by atomic mass is 10.2. The number of thiophene rings is 1. The fraction of sp³-hybridized carbons (Fsp3) is 0.0625. The number of hydrogen-bond acceptors (Lipinski definition) is 5. The highest BCUT2D eigenvalue weighted by Gasteiger charge is 2.10. The molecule has 116 valence electrons. The Morgan fingerprint density at radius 1 is 1.13 bits per heavy atom. The molecular formula is C16H13N3O3S. The van der Waals surface area contributed by atoms with Crippen molar-refractivity contribution in [1.29, 1.82) is 0 Å². The van der Waals surface area contributed by atoms with Crippen LogP contribution >= 0.6 is 11.3 Å². The Morgan fingerprint density at radius 3 is 2.65 bits per heavy atom. The molecule has 0 spiro atoms. The SMILES string of the molecule is O=C(NO)c1ccc(CNC(=O)c2cc3ccccc3s2)nc1. The van der Waals surface area contributed by atoms with Gasteiger partial charge in [0.05, 0.1) is 22.7 Å². The Hall–Kier alpha value is -2.77. The second-order valence-corrected chi connectivity index (χ2v) is 5.89. The quantitative estimate of drug-likeness (QED) is 0.507. The van der Waals surface area contributed by atoms with Gasteiger partial charge in [-0.3, -0.25) is 19.8 Å². The van der Waals surface area contributed by atoms with E-state index in [4.69, 9.17) is 5.21 Å². The maximum Gasteiger partial charge on any atom is 0.276 e. The van der Waals surface area contributed by atoms with Crippen molar-refractivity contribution in [3.05, 3.63) is 64.8 Å². The van der Waals surface area contributed by atoms with Gasteiger partial charge in [-0.25, -0.2) is 5.48 Å². The standard InChI is InChI=1S/C16H13N3O3S/c20-15(19-22)11-5-6-12(17-8-11)9-18-16(21)14-7-10-3-1-2-4-13(10)23-14/h1-8,22H,9H2,(H,18,21)(H,19,20). The molecule has 0 saturated heterocycles. The van der Waals surface area contributed by atoms with E-state index in [-0.39, 0.29) is 18.0 Å². The van der Waals surface area contributed by atoms with Gasteiger partial charge in [0.25, 0.3) is 11.8 Å². The van der Waals surface area contributed by atoms with Crippen molar-refractivity contribution in [2.45, 2.75) is 6.54 Å². The van der Waals surface area contributed by atoms with Crippen LogP contribution in [-0.2, 0) is 6.54 Å². The normalized spacial score (nSPS) is 10.5. The zero-order valence-corrected chi connectivity index (χ0v) is 12.8. The van der Waals surface area contributed by atoms with Crippen molar-refractivity contribution >= 4 is 33.2 Å². The van der Waals surface area contributed by atoms with Gasteiger partial charge in [-0.05, 0) is 29.7 Å². The molecule has 2 heterocycles. The highest BCUT2D eigenvalue weighted by molar-refractivity contribution is 7.20. The molecule has 3 aromatic rings. The number of nitrogens with zero attached hydrogens (tertiary/aromatic N) is 1. The summed E-state index contributed by atoms with van der Waals surface area (Å²) in [5, 5.41) is 12.4. The average Bonchev–Trinajstić information content (AvgIpc) is 3.03. The van der Waals surface area contributed by atoms with Crippen LogP contribution in [0.25, 0.3) is 10.1 Å². The van der Waals surface area contributed by atoms with Crippen molar-refractivity contribution in [3.8, 4) is 0 Å². The van der Waals surface area contributed by atoms with Crippen molar-refractivity contribution in [2.24, 2.45) is 0 Å². The summed E-state index contributed by atoms with van der Waals surface area (Å²) in [6.45, 7) is 0.258. The first-order valence-corrected chi connectivity index (χ1v) is 7.65. The zero-order chi connectivity index (χ0) is 16.2. The van der Waals surface area contributed by atoms with E-state index in [1.54, 1.807) is 6.07 Å². The summed E-state index contributed by atoms with van der Waals surface area (Å²) in [6, 6.07) is 12.8. The molecule has 0 fully saturated rings.